The second-order valence-electron chi connectivity index (χ2n) is 11.2. The lowest BCUT2D eigenvalue weighted by atomic mass is 10.1. The zero-order valence-electron chi connectivity index (χ0n) is 28.2. The number of aromatic nitrogens is 2. The third-order valence-corrected chi connectivity index (χ3v) is 7.34. The molecule has 2 aromatic heterocycles. The van der Waals surface area contributed by atoms with Gasteiger partial charge < -0.3 is 45.3 Å². The van der Waals surface area contributed by atoms with E-state index in [1.807, 2.05) is 0 Å². The summed E-state index contributed by atoms with van der Waals surface area (Å²) in [5, 5.41) is 43.4. The Hall–Kier alpha value is -7.63. The summed E-state index contributed by atoms with van der Waals surface area (Å²) < 4.78 is 55.8. The summed E-state index contributed by atoms with van der Waals surface area (Å²) in [6.45, 7) is -1.21. The first kappa shape index (κ1) is 38.6. The summed E-state index contributed by atoms with van der Waals surface area (Å²) in [4.78, 5) is 52.6. The molecule has 4 aromatic carbocycles. The normalized spacial score (nSPS) is 10.5. The van der Waals surface area contributed by atoms with Crippen LogP contribution in [0.5, 0.6) is 40.2 Å². The standard InChI is InChI=1S/C19H15FN2O6.C18H12F2N2O5/c1-27-13-5-11(20)6-14(7-13)28-12-2-3-15-10(4-12)8-21-17(18(15)25)19(26)22-9-16(23)24;19-13-4-2-11(6-14(13)20)27-10-1-3-12-9(5-10)7-21-16(17(12)25)18(26)22-8-15(23)24/h2-8,25H,9H2,1H3,(H,22,26)(H,23,24);1-7,25H,8H2,(H,22,26)(H,23,24). The Morgan fingerprint density at radius 1 is 0.600 bits per heavy atom. The van der Waals surface area contributed by atoms with Gasteiger partial charge in [-0.2, -0.15) is 0 Å². The molecule has 0 unspecified atom stereocenters. The second-order valence-corrected chi connectivity index (χ2v) is 11.2. The van der Waals surface area contributed by atoms with Crippen molar-refractivity contribution in [2.75, 3.05) is 20.2 Å². The number of carbonyl (C=O) groups excluding carboxylic acids is 2. The number of ether oxygens (including phenoxy) is 3. The van der Waals surface area contributed by atoms with Crippen molar-refractivity contribution >= 4 is 45.3 Å². The number of methoxy groups -OCH3 is 1. The minimum Gasteiger partial charge on any atom is -0.505 e. The molecular weight excluding hydrogens is 733 g/mol. The van der Waals surface area contributed by atoms with E-state index in [0.29, 0.717) is 27.7 Å². The van der Waals surface area contributed by atoms with Crippen LogP contribution in [0.3, 0.4) is 0 Å². The fraction of sp³-hybridized carbons (Fsp3) is 0.0811. The molecule has 2 heterocycles. The molecule has 0 saturated carbocycles. The molecule has 0 radical (unpaired) electrons. The number of aromatic hydroxyl groups is 2. The van der Waals surface area contributed by atoms with Gasteiger partial charge in [0.15, 0.2) is 34.5 Å². The molecule has 0 aliphatic heterocycles. The van der Waals surface area contributed by atoms with Gasteiger partial charge in [-0.3, -0.25) is 19.2 Å². The van der Waals surface area contributed by atoms with E-state index in [2.05, 4.69) is 20.6 Å². The zero-order valence-corrected chi connectivity index (χ0v) is 28.2. The predicted molar refractivity (Wildman–Crippen MR) is 186 cm³/mol. The maximum Gasteiger partial charge on any atom is 0.322 e. The molecule has 0 saturated heterocycles. The van der Waals surface area contributed by atoms with Gasteiger partial charge in [0.1, 0.15) is 47.7 Å². The molecule has 0 fully saturated rings. The van der Waals surface area contributed by atoms with E-state index < -0.39 is 60.0 Å². The lowest BCUT2D eigenvalue weighted by Crippen LogP contribution is -2.29. The molecule has 0 bridgehead atoms. The summed E-state index contributed by atoms with van der Waals surface area (Å²) in [5.41, 5.74) is -0.615. The number of carboxylic acid groups (broad SMARTS) is 2. The minimum absolute atomic E-state index is 0.0788. The smallest absolute Gasteiger partial charge is 0.322 e. The SMILES string of the molecule is COc1cc(F)cc(Oc2ccc3c(O)c(C(=O)NCC(=O)O)ncc3c2)c1.O=C(O)CNC(=O)c1ncc2cc(Oc3ccc(F)c(F)c3)ccc2c1O. The molecule has 0 aliphatic rings. The summed E-state index contributed by atoms with van der Waals surface area (Å²) in [7, 11) is 1.41. The Bertz CT molecular complexity index is 2460. The van der Waals surface area contributed by atoms with Crippen molar-refractivity contribution in [3.05, 3.63) is 114 Å². The second kappa shape index (κ2) is 16.8. The van der Waals surface area contributed by atoms with Crippen LogP contribution in [0.15, 0.2) is 85.2 Å². The molecule has 2 amide bonds. The molecule has 282 valence electrons. The van der Waals surface area contributed by atoms with Gasteiger partial charge >= 0.3 is 11.9 Å². The van der Waals surface area contributed by atoms with Crippen molar-refractivity contribution in [3.8, 4) is 40.2 Å². The number of carboxylic acids is 2. The first-order chi connectivity index (χ1) is 26.2. The summed E-state index contributed by atoms with van der Waals surface area (Å²) in [5.74, 6) is -6.25. The number of aliphatic carboxylic acids is 2. The third-order valence-electron chi connectivity index (χ3n) is 7.34. The highest BCUT2D eigenvalue weighted by atomic mass is 19.2. The number of rotatable bonds is 11. The maximum absolute atomic E-state index is 13.6. The Morgan fingerprint density at radius 3 is 1.53 bits per heavy atom. The lowest BCUT2D eigenvalue weighted by Gasteiger charge is -2.10. The van der Waals surface area contributed by atoms with E-state index in [4.69, 9.17) is 24.4 Å². The van der Waals surface area contributed by atoms with E-state index in [-0.39, 0.29) is 39.8 Å². The average molecular weight is 761 g/mol. The number of hydrogen-bond acceptors (Lipinski definition) is 11. The molecule has 0 spiro atoms. The van der Waals surface area contributed by atoms with Crippen LogP contribution in [-0.2, 0) is 9.59 Å². The summed E-state index contributed by atoms with van der Waals surface area (Å²) in [6.07, 6.45) is 2.63. The Labute approximate surface area is 307 Å². The molecule has 18 heteroatoms. The highest BCUT2D eigenvalue weighted by Gasteiger charge is 2.18. The van der Waals surface area contributed by atoms with Gasteiger partial charge in [-0.15, -0.1) is 0 Å². The molecule has 55 heavy (non-hydrogen) atoms. The van der Waals surface area contributed by atoms with Crippen molar-refractivity contribution in [1.29, 1.82) is 0 Å². The number of fused-ring (bicyclic) bond motifs is 2. The van der Waals surface area contributed by atoms with Crippen LogP contribution in [0.4, 0.5) is 13.2 Å². The van der Waals surface area contributed by atoms with Gasteiger partial charge in [-0.05, 0) is 48.5 Å². The first-order valence-corrected chi connectivity index (χ1v) is 15.6. The number of carbonyl (C=O) groups is 4. The number of benzene rings is 4. The maximum atomic E-state index is 13.6. The van der Waals surface area contributed by atoms with Crippen molar-refractivity contribution in [1.82, 2.24) is 20.6 Å². The van der Waals surface area contributed by atoms with Gasteiger partial charge in [-0.1, -0.05) is 0 Å². The van der Waals surface area contributed by atoms with Crippen LogP contribution < -0.4 is 24.8 Å². The molecule has 15 nitrogen and oxygen atoms in total. The van der Waals surface area contributed by atoms with E-state index in [9.17, 15) is 42.6 Å². The van der Waals surface area contributed by atoms with Crippen LogP contribution >= 0.6 is 0 Å². The molecule has 6 N–H and O–H groups in total. The van der Waals surface area contributed by atoms with Crippen LogP contribution in [0.2, 0.25) is 0 Å². The first-order valence-electron chi connectivity index (χ1n) is 15.6. The highest BCUT2D eigenvalue weighted by molar-refractivity contribution is 6.03. The number of amides is 2. The summed E-state index contributed by atoms with van der Waals surface area (Å²) >= 11 is 0. The van der Waals surface area contributed by atoms with Crippen molar-refractivity contribution in [2.24, 2.45) is 0 Å². The predicted octanol–water partition coefficient (Wildman–Crippen LogP) is 5.52. The molecular formula is C37H27F3N4O11. The van der Waals surface area contributed by atoms with Crippen molar-refractivity contribution < 1.29 is 67.0 Å². The zero-order chi connectivity index (χ0) is 39.8. The monoisotopic (exact) mass is 760 g/mol. The Balaban J connectivity index is 0.000000211. The van der Waals surface area contributed by atoms with Crippen molar-refractivity contribution in [3.63, 3.8) is 0 Å². The number of hydrogen-bond donors (Lipinski definition) is 6. The molecule has 0 atom stereocenters. The number of nitrogens with zero attached hydrogens (tertiary/aromatic N) is 2. The fourth-order valence-electron chi connectivity index (χ4n) is 4.84. The van der Waals surface area contributed by atoms with Gasteiger partial charge in [0.25, 0.3) is 11.8 Å². The highest BCUT2D eigenvalue weighted by Crippen LogP contribution is 2.34. The third kappa shape index (κ3) is 9.63. The van der Waals surface area contributed by atoms with Crippen LogP contribution in [-0.4, -0.2) is 74.3 Å². The van der Waals surface area contributed by atoms with Crippen LogP contribution in [0.1, 0.15) is 21.0 Å². The van der Waals surface area contributed by atoms with E-state index in [1.54, 1.807) is 6.07 Å². The Kier molecular flexibility index (Phi) is 11.8. The van der Waals surface area contributed by atoms with Crippen LogP contribution in [0, 0.1) is 17.5 Å². The minimum atomic E-state index is -1.23. The largest absolute Gasteiger partial charge is 0.505 e. The number of halogens is 3. The lowest BCUT2D eigenvalue weighted by molar-refractivity contribution is -0.136. The number of nitrogens with one attached hydrogen (secondary N) is 2. The average Bonchev–Trinajstić information content (AvgIpc) is 3.14. The van der Waals surface area contributed by atoms with Gasteiger partial charge in [0, 0.05) is 58.2 Å². The molecule has 6 rings (SSSR count). The number of pyridine rings is 2. The van der Waals surface area contributed by atoms with Crippen molar-refractivity contribution in [2.45, 2.75) is 0 Å². The van der Waals surface area contributed by atoms with E-state index in [1.165, 1.54) is 74.1 Å². The van der Waals surface area contributed by atoms with Gasteiger partial charge in [0.2, 0.25) is 0 Å². The van der Waals surface area contributed by atoms with E-state index >= 15 is 0 Å². The summed E-state index contributed by atoms with van der Waals surface area (Å²) in [6, 6.07) is 16.0. The Morgan fingerprint density at radius 2 is 1.05 bits per heavy atom. The fourth-order valence-corrected chi connectivity index (χ4v) is 4.84. The molecule has 6 aromatic rings. The molecule has 0 aliphatic carbocycles. The van der Waals surface area contributed by atoms with E-state index in [0.717, 1.165) is 12.1 Å². The topological polar surface area (TPSA) is 227 Å². The van der Waals surface area contributed by atoms with Gasteiger partial charge in [0.05, 0.1) is 7.11 Å². The van der Waals surface area contributed by atoms with Crippen LogP contribution in [0.25, 0.3) is 21.5 Å². The quantitative estimate of drug-likeness (QED) is 0.0958. The van der Waals surface area contributed by atoms with Gasteiger partial charge in [-0.25, -0.2) is 23.1 Å².